The van der Waals surface area contributed by atoms with Crippen LogP contribution in [-0.2, 0) is 22.1 Å². The Morgan fingerprint density at radius 1 is 1.07 bits per heavy atom. The van der Waals surface area contributed by atoms with Crippen LogP contribution in [0, 0.1) is 0 Å². The molecule has 154 valence electrons. The van der Waals surface area contributed by atoms with Gasteiger partial charge in [0.2, 0.25) is 0 Å². The van der Waals surface area contributed by atoms with Crippen LogP contribution in [0.25, 0.3) is 6.08 Å². The van der Waals surface area contributed by atoms with E-state index in [0.29, 0.717) is 12.2 Å². The van der Waals surface area contributed by atoms with Gasteiger partial charge in [-0.2, -0.15) is 13.2 Å². The standard InChI is InChI=1S/C20H19F3N2O4/c1-28-17-8-3-2-6-15(17)11-12-29-19(27)25-24-18(26)10-9-14-5-4-7-16(13-14)20(21,22)23/h2-10,13H,11-12H2,1H3,(H,24,26)(H,25,27)/b10-9+. The number of benzene rings is 2. The highest BCUT2D eigenvalue weighted by atomic mass is 19.4. The van der Waals surface area contributed by atoms with E-state index in [2.05, 4.69) is 5.43 Å². The minimum Gasteiger partial charge on any atom is -0.496 e. The molecule has 0 fully saturated rings. The number of carbonyl (C=O) groups is 2. The molecular formula is C20H19F3N2O4. The molecule has 0 aliphatic rings. The van der Waals surface area contributed by atoms with E-state index >= 15 is 0 Å². The molecule has 2 rings (SSSR count). The maximum atomic E-state index is 12.7. The minimum absolute atomic E-state index is 0.0577. The molecule has 0 aliphatic carbocycles. The molecule has 0 atom stereocenters. The van der Waals surface area contributed by atoms with E-state index in [1.165, 1.54) is 25.3 Å². The molecule has 6 nitrogen and oxygen atoms in total. The van der Waals surface area contributed by atoms with Gasteiger partial charge in [-0.15, -0.1) is 0 Å². The van der Waals surface area contributed by atoms with E-state index in [-0.39, 0.29) is 12.2 Å². The highest BCUT2D eigenvalue weighted by Gasteiger charge is 2.30. The third-order valence-corrected chi connectivity index (χ3v) is 3.73. The lowest BCUT2D eigenvalue weighted by Crippen LogP contribution is -2.41. The van der Waals surface area contributed by atoms with Gasteiger partial charge in [0.05, 0.1) is 19.3 Å². The summed E-state index contributed by atoms with van der Waals surface area (Å²) < 4.78 is 48.1. The van der Waals surface area contributed by atoms with Crippen LogP contribution in [0.2, 0.25) is 0 Å². The molecule has 0 aromatic heterocycles. The molecule has 9 heteroatoms. The Hall–Kier alpha value is -3.49. The van der Waals surface area contributed by atoms with E-state index in [0.717, 1.165) is 23.8 Å². The van der Waals surface area contributed by atoms with Crippen LogP contribution < -0.4 is 15.6 Å². The fraction of sp³-hybridized carbons (Fsp3) is 0.200. The summed E-state index contributed by atoms with van der Waals surface area (Å²) in [4.78, 5) is 23.3. The second-order valence-electron chi connectivity index (χ2n) is 5.77. The Balaban J connectivity index is 1.76. The first-order valence-corrected chi connectivity index (χ1v) is 8.49. The Bertz CT molecular complexity index is 882. The highest BCUT2D eigenvalue weighted by molar-refractivity contribution is 5.92. The zero-order chi connectivity index (χ0) is 21.3. The quantitative estimate of drug-likeness (QED) is 0.564. The Morgan fingerprint density at radius 3 is 2.55 bits per heavy atom. The van der Waals surface area contributed by atoms with Crippen LogP contribution in [0.5, 0.6) is 5.75 Å². The summed E-state index contributed by atoms with van der Waals surface area (Å²) in [6.07, 6.45) is -2.74. The molecule has 2 aromatic rings. The van der Waals surface area contributed by atoms with Crippen molar-refractivity contribution in [2.75, 3.05) is 13.7 Å². The van der Waals surface area contributed by atoms with Gasteiger partial charge in [0.1, 0.15) is 5.75 Å². The van der Waals surface area contributed by atoms with Crippen LogP contribution in [0.1, 0.15) is 16.7 Å². The number of hydrazine groups is 1. The van der Waals surface area contributed by atoms with E-state index in [1.807, 2.05) is 23.6 Å². The zero-order valence-corrected chi connectivity index (χ0v) is 15.5. The second-order valence-corrected chi connectivity index (χ2v) is 5.77. The van der Waals surface area contributed by atoms with Gasteiger partial charge in [0, 0.05) is 12.5 Å². The van der Waals surface area contributed by atoms with Crippen molar-refractivity contribution in [1.29, 1.82) is 0 Å². The lowest BCUT2D eigenvalue weighted by molar-refractivity contribution is -0.137. The van der Waals surface area contributed by atoms with E-state index in [1.54, 1.807) is 6.07 Å². The number of rotatable bonds is 6. The molecule has 0 spiro atoms. The largest absolute Gasteiger partial charge is 0.496 e. The number of methoxy groups -OCH3 is 1. The van der Waals surface area contributed by atoms with Crippen molar-refractivity contribution in [2.45, 2.75) is 12.6 Å². The molecule has 0 saturated carbocycles. The van der Waals surface area contributed by atoms with Crippen molar-refractivity contribution in [3.8, 4) is 5.75 Å². The molecule has 2 amide bonds. The molecule has 0 heterocycles. The molecule has 2 N–H and O–H groups in total. The van der Waals surface area contributed by atoms with Gasteiger partial charge < -0.3 is 9.47 Å². The van der Waals surface area contributed by atoms with Gasteiger partial charge in [-0.1, -0.05) is 30.3 Å². The van der Waals surface area contributed by atoms with Crippen molar-refractivity contribution < 1.29 is 32.2 Å². The Morgan fingerprint density at radius 2 is 1.83 bits per heavy atom. The van der Waals surface area contributed by atoms with Gasteiger partial charge in [0.15, 0.2) is 0 Å². The maximum Gasteiger partial charge on any atom is 0.426 e. The van der Waals surface area contributed by atoms with Crippen molar-refractivity contribution >= 4 is 18.1 Å². The average molecular weight is 408 g/mol. The van der Waals surface area contributed by atoms with E-state index in [4.69, 9.17) is 9.47 Å². The first kappa shape index (κ1) is 21.8. The van der Waals surface area contributed by atoms with Crippen LogP contribution in [0.3, 0.4) is 0 Å². The second kappa shape index (κ2) is 10.2. The number of amides is 2. The van der Waals surface area contributed by atoms with Crippen molar-refractivity contribution in [1.82, 2.24) is 10.9 Å². The van der Waals surface area contributed by atoms with Gasteiger partial charge in [-0.3, -0.25) is 10.2 Å². The van der Waals surface area contributed by atoms with Crippen molar-refractivity contribution in [2.24, 2.45) is 0 Å². The SMILES string of the molecule is COc1ccccc1CCOC(=O)NNC(=O)/C=C/c1cccc(C(F)(F)F)c1. The monoisotopic (exact) mass is 408 g/mol. The lowest BCUT2D eigenvalue weighted by Gasteiger charge is -2.09. The topological polar surface area (TPSA) is 76.7 Å². The number of alkyl halides is 3. The highest BCUT2D eigenvalue weighted by Crippen LogP contribution is 2.29. The first-order valence-electron chi connectivity index (χ1n) is 8.49. The molecule has 0 bridgehead atoms. The molecule has 0 radical (unpaired) electrons. The van der Waals surface area contributed by atoms with Gasteiger partial charge in [-0.05, 0) is 35.4 Å². The first-order chi connectivity index (χ1) is 13.8. The number of hydrogen-bond donors (Lipinski definition) is 2. The summed E-state index contributed by atoms with van der Waals surface area (Å²) in [5, 5.41) is 0. The summed E-state index contributed by atoms with van der Waals surface area (Å²) in [6, 6.07) is 11.7. The number of halogens is 3. The Kier molecular flexibility index (Phi) is 7.64. The van der Waals surface area contributed by atoms with Gasteiger partial charge in [-0.25, -0.2) is 10.2 Å². The number of hydrogen-bond acceptors (Lipinski definition) is 4. The van der Waals surface area contributed by atoms with Gasteiger partial charge >= 0.3 is 12.3 Å². The molecule has 0 unspecified atom stereocenters. The Labute approximate surface area is 165 Å². The van der Waals surface area contributed by atoms with E-state index < -0.39 is 23.7 Å². The lowest BCUT2D eigenvalue weighted by atomic mass is 10.1. The minimum atomic E-state index is -4.47. The van der Waals surface area contributed by atoms with E-state index in [9.17, 15) is 22.8 Å². The smallest absolute Gasteiger partial charge is 0.426 e. The normalized spacial score (nSPS) is 11.2. The predicted octanol–water partition coefficient (Wildman–Crippen LogP) is 3.73. The zero-order valence-electron chi connectivity index (χ0n) is 15.5. The molecule has 29 heavy (non-hydrogen) atoms. The molecule has 0 saturated heterocycles. The number of para-hydroxylation sites is 1. The fourth-order valence-corrected chi connectivity index (χ4v) is 2.34. The number of ether oxygens (including phenoxy) is 2. The molecule has 0 aliphatic heterocycles. The summed E-state index contributed by atoms with van der Waals surface area (Å²) in [6.45, 7) is 0.0577. The summed E-state index contributed by atoms with van der Waals surface area (Å²) in [7, 11) is 1.54. The van der Waals surface area contributed by atoms with Crippen molar-refractivity contribution in [3.05, 3.63) is 71.3 Å². The third kappa shape index (κ3) is 7.21. The fourth-order valence-electron chi connectivity index (χ4n) is 2.34. The van der Waals surface area contributed by atoms with Crippen LogP contribution in [0.4, 0.5) is 18.0 Å². The predicted molar refractivity (Wildman–Crippen MR) is 99.8 cm³/mol. The summed E-state index contributed by atoms with van der Waals surface area (Å²) >= 11 is 0. The van der Waals surface area contributed by atoms with Crippen LogP contribution in [-0.4, -0.2) is 25.7 Å². The maximum absolute atomic E-state index is 12.7. The van der Waals surface area contributed by atoms with Crippen LogP contribution >= 0.6 is 0 Å². The van der Waals surface area contributed by atoms with Gasteiger partial charge in [0.25, 0.3) is 5.91 Å². The summed E-state index contributed by atoms with van der Waals surface area (Å²) in [5.74, 6) is -0.0615. The number of carbonyl (C=O) groups excluding carboxylic acids is 2. The average Bonchev–Trinajstić information content (AvgIpc) is 2.70. The summed E-state index contributed by atoms with van der Waals surface area (Å²) in [5.41, 5.74) is 4.34. The number of nitrogens with one attached hydrogen (secondary N) is 2. The third-order valence-electron chi connectivity index (χ3n) is 3.73. The molecule has 2 aromatic carbocycles. The van der Waals surface area contributed by atoms with Crippen molar-refractivity contribution in [3.63, 3.8) is 0 Å². The van der Waals surface area contributed by atoms with Crippen LogP contribution in [0.15, 0.2) is 54.6 Å². The molecular weight excluding hydrogens is 389 g/mol.